The summed E-state index contributed by atoms with van der Waals surface area (Å²) >= 11 is 6.44. The minimum Gasteiger partial charge on any atom is -0.487 e. The van der Waals surface area contributed by atoms with Crippen LogP contribution in [0.1, 0.15) is 42.6 Å². The summed E-state index contributed by atoms with van der Waals surface area (Å²) in [6, 6.07) is 9.26. The number of benzene rings is 2. The van der Waals surface area contributed by atoms with Gasteiger partial charge in [0.15, 0.2) is 5.82 Å². The number of rotatable bonds is 7. The Kier molecular flexibility index (Phi) is 7.08. The second kappa shape index (κ2) is 10.4. The number of amides is 1. The van der Waals surface area contributed by atoms with Gasteiger partial charge in [-0.3, -0.25) is 4.79 Å². The molecule has 3 heterocycles. The van der Waals surface area contributed by atoms with E-state index < -0.39 is 23.8 Å². The van der Waals surface area contributed by atoms with E-state index in [0.29, 0.717) is 52.2 Å². The Morgan fingerprint density at radius 3 is 2.86 bits per heavy atom. The van der Waals surface area contributed by atoms with E-state index in [1.807, 2.05) is 19.1 Å². The molecule has 2 aromatic heterocycles. The molecular formula is C27H25ClF2N4O3. The van der Waals surface area contributed by atoms with Crippen molar-refractivity contribution in [3.05, 3.63) is 82.3 Å². The van der Waals surface area contributed by atoms with Crippen molar-refractivity contribution in [2.45, 2.75) is 45.4 Å². The lowest BCUT2D eigenvalue weighted by Crippen LogP contribution is -2.36. The molecule has 192 valence electrons. The van der Waals surface area contributed by atoms with Gasteiger partial charge in [-0.2, -0.15) is 5.10 Å². The third kappa shape index (κ3) is 5.28. The Bertz CT molecular complexity index is 1470. The smallest absolute Gasteiger partial charge is 0.249 e. The highest BCUT2D eigenvalue weighted by molar-refractivity contribution is 6.31. The van der Waals surface area contributed by atoms with E-state index in [9.17, 15) is 13.6 Å². The number of fused-ring (bicyclic) bond motifs is 1. The van der Waals surface area contributed by atoms with Crippen LogP contribution < -0.4 is 10.1 Å². The standard InChI is InChI=1S/C27H25ClF2N4O3/c1-15-9-23(34-13-18(30)12-31-34)19-5-3-6-24(26(19)32-15)37-14-21-20(10-17(29)11-22(21)28)16(2)33-27(35)25-7-4-8-36-25/h3,5-6,9-13,16,25H,4,7-8,14H2,1-2H3,(H,33,35)/t16-,25-/m0/s1. The zero-order valence-corrected chi connectivity index (χ0v) is 21.1. The van der Waals surface area contributed by atoms with Gasteiger partial charge in [0, 0.05) is 23.3 Å². The van der Waals surface area contributed by atoms with Crippen LogP contribution >= 0.6 is 11.6 Å². The average Bonchev–Trinajstić information content (AvgIpc) is 3.55. The molecule has 0 bridgehead atoms. The van der Waals surface area contributed by atoms with Crippen LogP contribution in [0, 0.1) is 18.6 Å². The van der Waals surface area contributed by atoms with E-state index >= 15 is 0 Å². The van der Waals surface area contributed by atoms with Gasteiger partial charge in [0.25, 0.3) is 0 Å². The molecule has 10 heteroatoms. The number of aromatic nitrogens is 3. The summed E-state index contributed by atoms with van der Waals surface area (Å²) in [5.74, 6) is -0.735. The number of hydrogen-bond donors (Lipinski definition) is 1. The van der Waals surface area contributed by atoms with Gasteiger partial charge in [-0.05, 0) is 56.5 Å². The monoisotopic (exact) mass is 526 g/mol. The lowest BCUT2D eigenvalue weighted by Gasteiger charge is -2.21. The molecule has 0 radical (unpaired) electrons. The number of nitrogens with zero attached hydrogens (tertiary/aromatic N) is 3. The van der Waals surface area contributed by atoms with Crippen molar-refractivity contribution in [2.75, 3.05) is 6.61 Å². The third-order valence-corrected chi connectivity index (χ3v) is 6.66. The topological polar surface area (TPSA) is 78.3 Å². The maximum Gasteiger partial charge on any atom is 0.249 e. The molecule has 37 heavy (non-hydrogen) atoms. The van der Waals surface area contributed by atoms with E-state index in [-0.39, 0.29) is 17.5 Å². The first-order chi connectivity index (χ1) is 17.8. The molecule has 1 N–H and O–H groups in total. The van der Waals surface area contributed by atoms with Crippen molar-refractivity contribution < 1.29 is 23.0 Å². The van der Waals surface area contributed by atoms with Crippen molar-refractivity contribution >= 4 is 28.4 Å². The van der Waals surface area contributed by atoms with Crippen molar-refractivity contribution in [3.8, 4) is 11.4 Å². The summed E-state index contributed by atoms with van der Waals surface area (Å²) in [6.07, 6.45) is 3.40. The van der Waals surface area contributed by atoms with Crippen LogP contribution in [0.5, 0.6) is 5.75 Å². The highest BCUT2D eigenvalue weighted by Gasteiger charge is 2.26. The van der Waals surface area contributed by atoms with Crippen molar-refractivity contribution in [1.82, 2.24) is 20.1 Å². The lowest BCUT2D eigenvalue weighted by atomic mass is 10.0. The summed E-state index contributed by atoms with van der Waals surface area (Å²) in [5, 5.41) is 7.88. The molecule has 1 aliphatic heterocycles. The highest BCUT2D eigenvalue weighted by atomic mass is 35.5. The first-order valence-corrected chi connectivity index (χ1v) is 12.3. The number of aryl methyl sites for hydroxylation is 1. The quantitative estimate of drug-likeness (QED) is 0.339. The van der Waals surface area contributed by atoms with E-state index in [1.54, 1.807) is 19.1 Å². The highest BCUT2D eigenvalue weighted by Crippen LogP contribution is 2.32. The largest absolute Gasteiger partial charge is 0.487 e. The Morgan fingerprint density at radius 1 is 1.30 bits per heavy atom. The zero-order valence-electron chi connectivity index (χ0n) is 20.3. The molecule has 7 nitrogen and oxygen atoms in total. The van der Waals surface area contributed by atoms with E-state index in [4.69, 9.17) is 21.1 Å². The molecule has 0 aliphatic carbocycles. The summed E-state index contributed by atoms with van der Waals surface area (Å²) in [5.41, 5.74) is 2.96. The van der Waals surface area contributed by atoms with Gasteiger partial charge in [-0.1, -0.05) is 23.7 Å². The lowest BCUT2D eigenvalue weighted by molar-refractivity contribution is -0.130. The first kappa shape index (κ1) is 25.1. The molecule has 1 saturated heterocycles. The minimum atomic E-state index is -0.530. The predicted molar refractivity (Wildman–Crippen MR) is 135 cm³/mol. The van der Waals surface area contributed by atoms with Crippen LogP contribution in [0.25, 0.3) is 16.6 Å². The minimum absolute atomic E-state index is 0.00898. The number of para-hydroxylation sites is 1. The summed E-state index contributed by atoms with van der Waals surface area (Å²) in [6.45, 7) is 4.15. The number of ether oxygens (including phenoxy) is 2. The Morgan fingerprint density at radius 2 is 2.14 bits per heavy atom. The number of carbonyl (C=O) groups excluding carboxylic acids is 1. The van der Waals surface area contributed by atoms with Crippen LogP contribution in [-0.4, -0.2) is 33.4 Å². The van der Waals surface area contributed by atoms with Crippen LogP contribution in [0.3, 0.4) is 0 Å². The van der Waals surface area contributed by atoms with E-state index in [2.05, 4.69) is 15.4 Å². The average molecular weight is 527 g/mol. The van der Waals surface area contributed by atoms with Gasteiger partial charge in [0.05, 0.1) is 29.1 Å². The first-order valence-electron chi connectivity index (χ1n) is 11.9. The Balaban J connectivity index is 1.45. The molecule has 2 aromatic carbocycles. The second-order valence-electron chi connectivity index (χ2n) is 9.01. The molecule has 1 fully saturated rings. The molecule has 0 saturated carbocycles. The van der Waals surface area contributed by atoms with Gasteiger partial charge in [-0.15, -0.1) is 0 Å². The summed E-state index contributed by atoms with van der Waals surface area (Å²) < 4.78 is 41.0. The zero-order chi connectivity index (χ0) is 26.1. The molecule has 4 aromatic rings. The fourth-order valence-corrected chi connectivity index (χ4v) is 4.82. The van der Waals surface area contributed by atoms with Crippen molar-refractivity contribution in [2.24, 2.45) is 0 Å². The van der Waals surface area contributed by atoms with Gasteiger partial charge in [0.1, 0.15) is 29.8 Å². The summed E-state index contributed by atoms with van der Waals surface area (Å²) in [4.78, 5) is 17.2. The number of hydrogen-bond acceptors (Lipinski definition) is 5. The molecule has 2 atom stereocenters. The SMILES string of the molecule is Cc1cc(-n2cc(F)cn2)c2cccc(OCc3c(Cl)cc(F)cc3[C@H](C)NC(=O)[C@@H]3CCCO3)c2n1. The predicted octanol–water partition coefficient (Wildman–Crippen LogP) is 5.60. The maximum absolute atomic E-state index is 14.3. The fraction of sp³-hybridized carbons (Fsp3) is 0.296. The number of carbonyl (C=O) groups is 1. The fourth-order valence-electron chi connectivity index (χ4n) is 4.55. The number of pyridine rings is 1. The van der Waals surface area contributed by atoms with E-state index in [0.717, 1.165) is 12.6 Å². The van der Waals surface area contributed by atoms with Gasteiger partial charge < -0.3 is 14.8 Å². The second-order valence-corrected chi connectivity index (χ2v) is 9.42. The molecule has 5 rings (SSSR count). The van der Waals surface area contributed by atoms with Crippen LogP contribution in [0.15, 0.2) is 48.8 Å². The Labute approximate surface area is 217 Å². The Hall–Kier alpha value is -3.56. The molecular weight excluding hydrogens is 502 g/mol. The van der Waals surface area contributed by atoms with Gasteiger partial charge >= 0.3 is 0 Å². The molecule has 0 unspecified atom stereocenters. The third-order valence-electron chi connectivity index (χ3n) is 6.32. The van der Waals surface area contributed by atoms with Gasteiger partial charge in [-0.25, -0.2) is 18.4 Å². The van der Waals surface area contributed by atoms with Crippen molar-refractivity contribution in [1.29, 1.82) is 0 Å². The van der Waals surface area contributed by atoms with Crippen molar-refractivity contribution in [3.63, 3.8) is 0 Å². The summed E-state index contributed by atoms with van der Waals surface area (Å²) in [7, 11) is 0. The van der Waals surface area contributed by atoms with Crippen LogP contribution in [0.2, 0.25) is 5.02 Å². The normalized spacial score (nSPS) is 16.2. The van der Waals surface area contributed by atoms with Gasteiger partial charge in [0.2, 0.25) is 5.91 Å². The number of halogens is 3. The van der Waals surface area contributed by atoms with Crippen LogP contribution in [-0.2, 0) is 16.1 Å². The van der Waals surface area contributed by atoms with Crippen LogP contribution in [0.4, 0.5) is 8.78 Å². The van der Waals surface area contributed by atoms with E-state index in [1.165, 1.54) is 23.0 Å². The number of nitrogens with one attached hydrogen (secondary N) is 1. The molecule has 0 spiro atoms. The molecule has 1 aliphatic rings. The molecule has 1 amide bonds. The maximum atomic E-state index is 14.3.